The first-order valence-electron chi connectivity index (χ1n) is 8.41. The van der Waals surface area contributed by atoms with E-state index in [1.165, 1.54) is 24.8 Å². The SMILES string of the molecule is CCCOCCC.CCCc1ccc(CC)cc1CC. The molecule has 1 aromatic carbocycles. The Hall–Kier alpha value is -0.820. The van der Waals surface area contributed by atoms with E-state index in [4.69, 9.17) is 4.74 Å². The Morgan fingerprint density at radius 1 is 0.750 bits per heavy atom. The van der Waals surface area contributed by atoms with Gasteiger partial charge in [0.2, 0.25) is 0 Å². The van der Waals surface area contributed by atoms with Gasteiger partial charge in [-0.2, -0.15) is 0 Å². The van der Waals surface area contributed by atoms with Crippen LogP contribution in [0.1, 0.15) is 70.6 Å². The minimum absolute atomic E-state index is 0.924. The maximum Gasteiger partial charge on any atom is 0.0463 e. The average molecular weight is 278 g/mol. The van der Waals surface area contributed by atoms with Gasteiger partial charge in [0.1, 0.15) is 0 Å². The fourth-order valence-electron chi connectivity index (χ4n) is 2.13. The highest BCUT2D eigenvalue weighted by Gasteiger charge is 2.00. The largest absolute Gasteiger partial charge is 0.381 e. The fraction of sp³-hybridized carbons (Fsp3) is 0.684. The van der Waals surface area contributed by atoms with Crippen LogP contribution in [0.5, 0.6) is 0 Å². The summed E-state index contributed by atoms with van der Waals surface area (Å²) in [4.78, 5) is 0. The van der Waals surface area contributed by atoms with Crippen molar-refractivity contribution in [1.29, 1.82) is 0 Å². The summed E-state index contributed by atoms with van der Waals surface area (Å²) in [7, 11) is 0. The Kier molecular flexibility index (Phi) is 12.6. The lowest BCUT2D eigenvalue weighted by molar-refractivity contribution is 0.135. The number of ether oxygens (including phenoxy) is 1. The Morgan fingerprint density at radius 3 is 1.85 bits per heavy atom. The van der Waals surface area contributed by atoms with Crippen molar-refractivity contribution in [3.63, 3.8) is 0 Å². The first kappa shape index (κ1) is 19.2. The van der Waals surface area contributed by atoms with E-state index in [9.17, 15) is 0 Å². The molecule has 0 heterocycles. The molecule has 0 N–H and O–H groups in total. The van der Waals surface area contributed by atoms with Gasteiger partial charge in [-0.3, -0.25) is 0 Å². The number of hydrogen-bond acceptors (Lipinski definition) is 1. The van der Waals surface area contributed by atoms with Crippen LogP contribution >= 0.6 is 0 Å². The lowest BCUT2D eigenvalue weighted by Gasteiger charge is -2.08. The van der Waals surface area contributed by atoms with E-state index in [-0.39, 0.29) is 0 Å². The maximum atomic E-state index is 5.13. The average Bonchev–Trinajstić information content (AvgIpc) is 2.49. The molecule has 1 nitrogen and oxygen atoms in total. The van der Waals surface area contributed by atoms with Crippen LogP contribution in [0.25, 0.3) is 0 Å². The van der Waals surface area contributed by atoms with Crippen LogP contribution in [0.3, 0.4) is 0 Å². The third-order valence-electron chi connectivity index (χ3n) is 3.28. The van der Waals surface area contributed by atoms with Gasteiger partial charge in [-0.15, -0.1) is 0 Å². The first-order chi connectivity index (χ1) is 9.73. The quantitative estimate of drug-likeness (QED) is 0.563. The summed E-state index contributed by atoms with van der Waals surface area (Å²) in [6.45, 7) is 12.8. The van der Waals surface area contributed by atoms with Gasteiger partial charge >= 0.3 is 0 Å². The molecule has 0 saturated heterocycles. The van der Waals surface area contributed by atoms with Gasteiger partial charge in [-0.25, -0.2) is 0 Å². The molecule has 116 valence electrons. The second kappa shape index (κ2) is 13.2. The van der Waals surface area contributed by atoms with E-state index >= 15 is 0 Å². The summed E-state index contributed by atoms with van der Waals surface area (Å²) in [5.74, 6) is 0. The molecule has 0 unspecified atom stereocenters. The molecule has 0 aliphatic heterocycles. The van der Waals surface area contributed by atoms with Crippen molar-refractivity contribution in [2.24, 2.45) is 0 Å². The molecule has 20 heavy (non-hydrogen) atoms. The maximum absolute atomic E-state index is 5.13. The molecule has 0 radical (unpaired) electrons. The second-order valence-electron chi connectivity index (χ2n) is 5.17. The van der Waals surface area contributed by atoms with Crippen molar-refractivity contribution in [2.45, 2.75) is 73.1 Å². The Labute approximate surface area is 126 Å². The van der Waals surface area contributed by atoms with Crippen molar-refractivity contribution in [3.8, 4) is 0 Å². The third kappa shape index (κ3) is 8.37. The zero-order valence-corrected chi connectivity index (χ0v) is 14.3. The Balaban J connectivity index is 0.000000441. The van der Waals surface area contributed by atoms with Gasteiger partial charge < -0.3 is 4.74 Å². The van der Waals surface area contributed by atoms with E-state index in [1.807, 2.05) is 0 Å². The topological polar surface area (TPSA) is 9.23 Å². The minimum atomic E-state index is 0.924. The summed E-state index contributed by atoms with van der Waals surface area (Å²) in [5.41, 5.74) is 4.56. The predicted octanol–water partition coefficient (Wildman–Crippen LogP) is 5.59. The van der Waals surface area contributed by atoms with Crippen LogP contribution in [-0.4, -0.2) is 13.2 Å². The lowest BCUT2D eigenvalue weighted by atomic mass is 9.98. The molecule has 0 saturated carbocycles. The van der Waals surface area contributed by atoms with Crippen LogP contribution < -0.4 is 0 Å². The highest BCUT2D eigenvalue weighted by atomic mass is 16.5. The van der Waals surface area contributed by atoms with E-state index < -0.39 is 0 Å². The van der Waals surface area contributed by atoms with E-state index in [0.717, 1.165) is 32.5 Å². The minimum Gasteiger partial charge on any atom is -0.381 e. The van der Waals surface area contributed by atoms with Gasteiger partial charge in [0.05, 0.1) is 0 Å². The van der Waals surface area contributed by atoms with Crippen LogP contribution in [0, 0.1) is 0 Å². The summed E-state index contributed by atoms with van der Waals surface area (Å²) >= 11 is 0. The second-order valence-corrected chi connectivity index (χ2v) is 5.17. The zero-order chi connectivity index (χ0) is 15.2. The lowest BCUT2D eigenvalue weighted by Crippen LogP contribution is -1.94. The van der Waals surface area contributed by atoms with Gasteiger partial charge in [0.15, 0.2) is 0 Å². The molecule has 1 aromatic rings. The Morgan fingerprint density at radius 2 is 1.40 bits per heavy atom. The van der Waals surface area contributed by atoms with Crippen LogP contribution in [0.4, 0.5) is 0 Å². The molecule has 1 heteroatoms. The predicted molar refractivity (Wildman–Crippen MR) is 90.6 cm³/mol. The number of rotatable bonds is 8. The van der Waals surface area contributed by atoms with E-state index in [2.05, 4.69) is 52.8 Å². The molecule has 0 spiro atoms. The van der Waals surface area contributed by atoms with E-state index in [1.54, 1.807) is 11.1 Å². The Bertz CT molecular complexity index is 327. The summed E-state index contributed by atoms with van der Waals surface area (Å²) < 4.78 is 5.13. The third-order valence-corrected chi connectivity index (χ3v) is 3.28. The summed E-state index contributed by atoms with van der Waals surface area (Å²) in [6, 6.07) is 6.94. The van der Waals surface area contributed by atoms with Crippen molar-refractivity contribution < 1.29 is 4.74 Å². The van der Waals surface area contributed by atoms with Crippen molar-refractivity contribution in [3.05, 3.63) is 34.9 Å². The molecule has 0 aromatic heterocycles. The highest BCUT2D eigenvalue weighted by molar-refractivity contribution is 5.32. The molecular weight excluding hydrogens is 244 g/mol. The zero-order valence-electron chi connectivity index (χ0n) is 14.3. The van der Waals surface area contributed by atoms with Crippen molar-refractivity contribution in [2.75, 3.05) is 13.2 Å². The molecular formula is C19H34O. The number of benzene rings is 1. The molecule has 0 fully saturated rings. The normalized spacial score (nSPS) is 10.1. The number of aryl methyl sites for hydroxylation is 3. The van der Waals surface area contributed by atoms with Crippen LogP contribution in [0.15, 0.2) is 18.2 Å². The van der Waals surface area contributed by atoms with Crippen molar-refractivity contribution in [1.82, 2.24) is 0 Å². The highest BCUT2D eigenvalue weighted by Crippen LogP contribution is 2.15. The van der Waals surface area contributed by atoms with E-state index in [0.29, 0.717) is 0 Å². The van der Waals surface area contributed by atoms with Crippen LogP contribution in [0.2, 0.25) is 0 Å². The standard InChI is InChI=1S/C13H20.C6H14O/c1-4-7-13-9-8-11(5-2)10-12(13)6-3;1-3-5-7-6-4-2/h8-10H,4-7H2,1-3H3;3-6H2,1-2H3. The molecule has 1 rings (SSSR count). The van der Waals surface area contributed by atoms with Crippen LogP contribution in [-0.2, 0) is 24.0 Å². The molecule has 0 aliphatic rings. The summed E-state index contributed by atoms with van der Waals surface area (Å²) in [5, 5.41) is 0. The molecule has 0 atom stereocenters. The van der Waals surface area contributed by atoms with Gasteiger partial charge in [0.25, 0.3) is 0 Å². The molecule has 0 bridgehead atoms. The molecule has 0 amide bonds. The monoisotopic (exact) mass is 278 g/mol. The number of hydrogen-bond donors (Lipinski definition) is 0. The summed E-state index contributed by atoms with van der Waals surface area (Å²) in [6.07, 6.45) is 7.08. The van der Waals surface area contributed by atoms with Crippen molar-refractivity contribution >= 4 is 0 Å². The van der Waals surface area contributed by atoms with Gasteiger partial charge in [-0.05, 0) is 48.8 Å². The van der Waals surface area contributed by atoms with Gasteiger partial charge in [0, 0.05) is 13.2 Å². The molecule has 0 aliphatic carbocycles. The first-order valence-corrected chi connectivity index (χ1v) is 8.41. The smallest absolute Gasteiger partial charge is 0.0463 e. The van der Waals surface area contributed by atoms with Gasteiger partial charge in [-0.1, -0.05) is 59.2 Å². The fourth-order valence-corrected chi connectivity index (χ4v) is 2.13.